The third-order valence-electron chi connectivity index (χ3n) is 2.69. The van der Waals surface area contributed by atoms with Crippen molar-refractivity contribution in [2.75, 3.05) is 0 Å². The van der Waals surface area contributed by atoms with Gasteiger partial charge < -0.3 is 9.15 Å². The molecule has 1 aromatic carbocycles. The quantitative estimate of drug-likeness (QED) is 0.834. The fourth-order valence-corrected chi connectivity index (χ4v) is 1.76. The van der Waals surface area contributed by atoms with Crippen molar-refractivity contribution < 1.29 is 9.15 Å². The van der Waals surface area contributed by atoms with E-state index >= 15 is 0 Å². The number of hydrogen-bond acceptors (Lipinski definition) is 5. The van der Waals surface area contributed by atoms with E-state index in [1.807, 2.05) is 6.92 Å². The zero-order valence-corrected chi connectivity index (χ0v) is 11.8. The van der Waals surface area contributed by atoms with Crippen LogP contribution in [0.15, 0.2) is 28.7 Å². The van der Waals surface area contributed by atoms with Gasteiger partial charge in [-0.2, -0.15) is 5.26 Å². The van der Waals surface area contributed by atoms with E-state index in [2.05, 4.69) is 30.1 Å². The maximum atomic E-state index is 8.85. The molecule has 0 aliphatic heterocycles. The average Bonchev–Trinajstić information content (AvgIpc) is 2.86. The van der Waals surface area contributed by atoms with Gasteiger partial charge in [0.15, 0.2) is 6.10 Å². The fraction of sp³-hybridized carbons (Fsp3) is 0.400. The molecule has 0 saturated heterocycles. The summed E-state index contributed by atoms with van der Waals surface area (Å²) in [5.41, 5.74) is 0.556. The second-order valence-electron chi connectivity index (χ2n) is 5.03. The molecule has 5 nitrogen and oxygen atoms in total. The molecule has 1 unspecified atom stereocenters. The highest BCUT2D eigenvalue weighted by molar-refractivity contribution is 5.36. The summed E-state index contributed by atoms with van der Waals surface area (Å²) in [6.07, 6.45) is 0.404. The smallest absolute Gasteiger partial charge is 0.256 e. The summed E-state index contributed by atoms with van der Waals surface area (Å²) in [6.45, 7) is 6.03. The number of nitriles is 1. The summed E-state index contributed by atoms with van der Waals surface area (Å²) in [4.78, 5) is 0. The van der Waals surface area contributed by atoms with Crippen LogP contribution in [-0.2, 0) is 6.42 Å². The first-order valence-corrected chi connectivity index (χ1v) is 6.57. The van der Waals surface area contributed by atoms with Gasteiger partial charge in [0, 0.05) is 6.42 Å². The monoisotopic (exact) mass is 271 g/mol. The van der Waals surface area contributed by atoms with Crippen LogP contribution < -0.4 is 4.74 Å². The molecule has 0 saturated carbocycles. The van der Waals surface area contributed by atoms with Crippen molar-refractivity contribution >= 4 is 0 Å². The summed E-state index contributed by atoms with van der Waals surface area (Å²) in [5.74, 6) is 2.14. The zero-order chi connectivity index (χ0) is 14.5. The van der Waals surface area contributed by atoms with E-state index in [1.54, 1.807) is 24.3 Å². The third kappa shape index (κ3) is 3.58. The summed E-state index contributed by atoms with van der Waals surface area (Å²) in [7, 11) is 0. The van der Waals surface area contributed by atoms with Gasteiger partial charge in [0.05, 0.1) is 11.6 Å². The minimum atomic E-state index is -0.350. The first-order chi connectivity index (χ1) is 9.58. The first-order valence-electron chi connectivity index (χ1n) is 6.57. The Labute approximate surface area is 118 Å². The van der Waals surface area contributed by atoms with Crippen molar-refractivity contribution in [3.05, 3.63) is 41.6 Å². The molecule has 104 valence electrons. The molecule has 0 radical (unpaired) electrons. The molecular weight excluding hydrogens is 254 g/mol. The third-order valence-corrected chi connectivity index (χ3v) is 2.69. The second-order valence-corrected chi connectivity index (χ2v) is 5.03. The van der Waals surface area contributed by atoms with Crippen LogP contribution in [0.4, 0.5) is 0 Å². The lowest BCUT2D eigenvalue weighted by atomic mass is 10.1. The van der Waals surface area contributed by atoms with Crippen molar-refractivity contribution in [3.63, 3.8) is 0 Å². The van der Waals surface area contributed by atoms with Crippen LogP contribution in [0.5, 0.6) is 5.75 Å². The summed E-state index contributed by atoms with van der Waals surface area (Å²) >= 11 is 0. The van der Waals surface area contributed by atoms with Crippen LogP contribution in [0, 0.1) is 17.2 Å². The van der Waals surface area contributed by atoms with Crippen molar-refractivity contribution in [2.24, 2.45) is 5.92 Å². The van der Waals surface area contributed by atoms with E-state index in [1.165, 1.54) is 0 Å². The highest BCUT2D eigenvalue weighted by atomic mass is 16.5. The SMILES string of the molecule is CC(C)Cc1nnc(C(C)Oc2cccc(C#N)c2)o1. The molecule has 0 amide bonds. The molecule has 0 fully saturated rings. The van der Waals surface area contributed by atoms with Crippen LogP contribution in [-0.4, -0.2) is 10.2 Å². The molecule has 1 atom stereocenters. The van der Waals surface area contributed by atoms with Gasteiger partial charge >= 0.3 is 0 Å². The highest BCUT2D eigenvalue weighted by Crippen LogP contribution is 2.22. The molecular formula is C15H17N3O2. The summed E-state index contributed by atoms with van der Waals surface area (Å²) in [6, 6.07) is 9.06. The topological polar surface area (TPSA) is 71.9 Å². The molecule has 1 heterocycles. The van der Waals surface area contributed by atoms with Gasteiger partial charge in [-0.3, -0.25) is 0 Å². The van der Waals surface area contributed by atoms with Crippen molar-refractivity contribution in [2.45, 2.75) is 33.3 Å². The summed E-state index contributed by atoms with van der Waals surface area (Å²) in [5, 5.41) is 16.9. The van der Waals surface area contributed by atoms with Gasteiger partial charge in [0.2, 0.25) is 5.89 Å². The molecule has 2 aromatic rings. The molecule has 1 aromatic heterocycles. The van der Waals surface area contributed by atoms with Crippen molar-refractivity contribution in [3.8, 4) is 11.8 Å². The average molecular weight is 271 g/mol. The lowest BCUT2D eigenvalue weighted by molar-refractivity contribution is 0.185. The lowest BCUT2D eigenvalue weighted by Crippen LogP contribution is -2.03. The molecule has 0 spiro atoms. The van der Waals surface area contributed by atoms with E-state index in [-0.39, 0.29) is 6.10 Å². The summed E-state index contributed by atoms with van der Waals surface area (Å²) < 4.78 is 11.3. The first kappa shape index (κ1) is 14.1. The van der Waals surface area contributed by atoms with E-state index < -0.39 is 0 Å². The van der Waals surface area contributed by atoms with Crippen LogP contribution in [0.1, 0.15) is 44.2 Å². The highest BCUT2D eigenvalue weighted by Gasteiger charge is 2.16. The number of hydrogen-bond donors (Lipinski definition) is 0. The molecule has 0 aliphatic rings. The van der Waals surface area contributed by atoms with E-state index in [4.69, 9.17) is 14.4 Å². The fourth-order valence-electron chi connectivity index (χ4n) is 1.76. The van der Waals surface area contributed by atoms with Crippen molar-refractivity contribution in [1.29, 1.82) is 5.26 Å². The Hall–Kier alpha value is -2.35. The molecule has 0 aliphatic carbocycles. The number of ether oxygens (including phenoxy) is 1. The van der Waals surface area contributed by atoms with Crippen LogP contribution in [0.2, 0.25) is 0 Å². The van der Waals surface area contributed by atoms with E-state index in [0.717, 1.165) is 6.42 Å². The Morgan fingerprint density at radius 3 is 2.80 bits per heavy atom. The minimum absolute atomic E-state index is 0.350. The van der Waals surface area contributed by atoms with Crippen LogP contribution in [0.25, 0.3) is 0 Å². The number of rotatable bonds is 5. The minimum Gasteiger partial charge on any atom is -0.481 e. The molecule has 0 bridgehead atoms. The van der Waals surface area contributed by atoms with E-state index in [0.29, 0.717) is 29.0 Å². The Morgan fingerprint density at radius 2 is 2.10 bits per heavy atom. The lowest BCUT2D eigenvalue weighted by Gasteiger charge is -2.10. The number of benzene rings is 1. The number of aromatic nitrogens is 2. The Morgan fingerprint density at radius 1 is 1.30 bits per heavy atom. The van der Waals surface area contributed by atoms with Gasteiger partial charge in [-0.05, 0) is 31.0 Å². The molecule has 0 N–H and O–H groups in total. The van der Waals surface area contributed by atoms with Gasteiger partial charge in [0.1, 0.15) is 5.75 Å². The Bertz CT molecular complexity index is 614. The van der Waals surface area contributed by atoms with Gasteiger partial charge in [-0.1, -0.05) is 19.9 Å². The standard InChI is InChI=1S/C15H17N3O2/c1-10(2)7-14-17-18-15(20-14)11(3)19-13-6-4-5-12(8-13)9-16/h4-6,8,10-11H,7H2,1-3H3. The zero-order valence-electron chi connectivity index (χ0n) is 11.8. The molecule has 2 rings (SSSR count). The van der Waals surface area contributed by atoms with Gasteiger partial charge in [0.25, 0.3) is 5.89 Å². The molecule has 20 heavy (non-hydrogen) atoms. The van der Waals surface area contributed by atoms with E-state index in [9.17, 15) is 0 Å². The Kier molecular flexibility index (Phi) is 4.36. The maximum absolute atomic E-state index is 8.85. The largest absolute Gasteiger partial charge is 0.481 e. The predicted octanol–water partition coefficient (Wildman–Crippen LogP) is 3.28. The Balaban J connectivity index is 2.05. The normalized spacial score (nSPS) is 12.2. The number of nitrogens with zero attached hydrogens (tertiary/aromatic N) is 3. The maximum Gasteiger partial charge on any atom is 0.256 e. The second kappa shape index (κ2) is 6.20. The van der Waals surface area contributed by atoms with Crippen LogP contribution in [0.3, 0.4) is 0 Å². The molecule has 5 heteroatoms. The van der Waals surface area contributed by atoms with Gasteiger partial charge in [-0.15, -0.1) is 10.2 Å². The van der Waals surface area contributed by atoms with Gasteiger partial charge in [-0.25, -0.2) is 0 Å². The van der Waals surface area contributed by atoms with Crippen LogP contribution >= 0.6 is 0 Å². The predicted molar refractivity (Wildman–Crippen MR) is 73.0 cm³/mol. The van der Waals surface area contributed by atoms with Crippen molar-refractivity contribution in [1.82, 2.24) is 10.2 Å².